The molecule has 0 heterocycles. The molecule has 2 rings (SSSR count). The van der Waals surface area contributed by atoms with Crippen molar-refractivity contribution in [3.8, 4) is 0 Å². The lowest BCUT2D eigenvalue weighted by Gasteiger charge is -2.15. The molecule has 6 nitrogen and oxygen atoms in total. The molecule has 1 amide bonds. The molecule has 0 aliphatic carbocycles. The third-order valence-electron chi connectivity index (χ3n) is 4.02. The minimum atomic E-state index is -4.33. The summed E-state index contributed by atoms with van der Waals surface area (Å²) >= 11 is 11.6. The van der Waals surface area contributed by atoms with Gasteiger partial charge in [-0.15, -0.1) is 0 Å². The number of rotatable bonds is 8. The summed E-state index contributed by atoms with van der Waals surface area (Å²) in [6, 6.07) is 7.29. The van der Waals surface area contributed by atoms with Crippen molar-refractivity contribution in [2.24, 2.45) is 0 Å². The van der Waals surface area contributed by atoms with E-state index >= 15 is 0 Å². The third kappa shape index (κ3) is 6.15. The van der Waals surface area contributed by atoms with Crippen LogP contribution in [0.4, 0.5) is 10.1 Å². The van der Waals surface area contributed by atoms with Gasteiger partial charge in [-0.2, -0.15) is 0 Å². The van der Waals surface area contributed by atoms with Gasteiger partial charge in [0.25, 0.3) is 10.0 Å². The Morgan fingerprint density at radius 1 is 1.17 bits per heavy atom. The maximum absolute atomic E-state index is 14.1. The van der Waals surface area contributed by atoms with E-state index in [2.05, 4.69) is 4.72 Å². The van der Waals surface area contributed by atoms with Crippen molar-refractivity contribution in [3.05, 3.63) is 52.3 Å². The molecule has 2 aromatic rings. The summed E-state index contributed by atoms with van der Waals surface area (Å²) in [6.45, 7) is 2.33. The molecule has 29 heavy (non-hydrogen) atoms. The average molecular weight is 481 g/mol. The molecule has 0 saturated carbocycles. The molecule has 11 heteroatoms. The van der Waals surface area contributed by atoms with Gasteiger partial charge in [-0.1, -0.05) is 23.2 Å². The summed E-state index contributed by atoms with van der Waals surface area (Å²) in [5.41, 5.74) is -0.0542. The zero-order valence-corrected chi connectivity index (χ0v) is 18.8. The van der Waals surface area contributed by atoms with E-state index in [0.717, 1.165) is 12.1 Å². The van der Waals surface area contributed by atoms with E-state index in [9.17, 15) is 21.8 Å². The van der Waals surface area contributed by atoms with Gasteiger partial charge in [0.15, 0.2) is 0 Å². The van der Waals surface area contributed by atoms with Gasteiger partial charge in [-0.25, -0.2) is 12.8 Å². The second kappa shape index (κ2) is 9.88. The van der Waals surface area contributed by atoms with Crippen LogP contribution in [0.25, 0.3) is 0 Å². The number of halogens is 3. The summed E-state index contributed by atoms with van der Waals surface area (Å²) in [7, 11) is -4.39. The maximum atomic E-state index is 14.1. The molecular weight excluding hydrogens is 462 g/mol. The molecule has 2 aromatic carbocycles. The molecule has 0 bridgehead atoms. The fraction of sp³-hybridized carbons (Fsp3) is 0.278. The van der Waals surface area contributed by atoms with Gasteiger partial charge in [0.2, 0.25) is 5.91 Å². The van der Waals surface area contributed by atoms with Crippen molar-refractivity contribution in [2.75, 3.05) is 24.1 Å². The van der Waals surface area contributed by atoms with Crippen molar-refractivity contribution in [1.82, 2.24) is 4.90 Å². The van der Waals surface area contributed by atoms with Crippen LogP contribution >= 0.6 is 23.2 Å². The molecule has 0 aliphatic heterocycles. The third-order valence-corrected chi connectivity index (χ3v) is 7.31. The van der Waals surface area contributed by atoms with Crippen LogP contribution in [0.2, 0.25) is 10.0 Å². The number of anilines is 1. The van der Waals surface area contributed by atoms with Crippen LogP contribution in [0, 0.1) is 5.82 Å². The van der Waals surface area contributed by atoms with Crippen molar-refractivity contribution in [3.63, 3.8) is 0 Å². The van der Waals surface area contributed by atoms with Crippen molar-refractivity contribution in [2.45, 2.75) is 23.1 Å². The Morgan fingerprint density at radius 2 is 1.79 bits per heavy atom. The zero-order valence-electron chi connectivity index (χ0n) is 15.6. The Morgan fingerprint density at radius 3 is 2.41 bits per heavy atom. The number of carbonyl (C=O) groups excluding carboxylic acids is 1. The van der Waals surface area contributed by atoms with Gasteiger partial charge in [0.05, 0.1) is 21.4 Å². The summed E-state index contributed by atoms with van der Waals surface area (Å²) in [6.07, 6.45) is 0.0254. The molecule has 0 radical (unpaired) electrons. The van der Waals surface area contributed by atoms with Gasteiger partial charge in [-0.3, -0.25) is 13.7 Å². The van der Waals surface area contributed by atoms with Gasteiger partial charge >= 0.3 is 0 Å². The van der Waals surface area contributed by atoms with Gasteiger partial charge in [-0.05, 0) is 43.3 Å². The molecule has 0 saturated heterocycles. The minimum Gasteiger partial charge on any atom is -0.346 e. The Balaban J connectivity index is 2.30. The van der Waals surface area contributed by atoms with Gasteiger partial charge in [0.1, 0.15) is 10.7 Å². The molecule has 158 valence electrons. The highest BCUT2D eigenvalue weighted by Gasteiger charge is 2.22. The van der Waals surface area contributed by atoms with E-state index < -0.39 is 31.5 Å². The van der Waals surface area contributed by atoms with E-state index in [1.165, 1.54) is 29.2 Å². The first-order valence-corrected chi connectivity index (χ1v) is 12.0. The highest BCUT2D eigenvalue weighted by Crippen LogP contribution is 2.28. The smallest absolute Gasteiger partial charge is 0.264 e. The average Bonchev–Trinajstić information content (AvgIpc) is 2.64. The molecule has 1 unspecified atom stereocenters. The van der Waals surface area contributed by atoms with E-state index in [1.54, 1.807) is 7.05 Å². The second-order valence-electron chi connectivity index (χ2n) is 6.03. The predicted octanol–water partition coefficient (Wildman–Crippen LogP) is 3.91. The number of amides is 1. The normalized spacial score (nSPS) is 12.4. The molecule has 0 aliphatic rings. The Kier molecular flexibility index (Phi) is 8.04. The molecule has 0 fully saturated rings. The SMILES string of the molecule is CCN(C)C(=O)CCS(=O)c1ccc(Cl)cc1NS(=O)(=O)c1ccc(Cl)cc1F. The number of hydrogen-bond donors (Lipinski definition) is 1. The Bertz CT molecular complexity index is 1050. The molecule has 0 aromatic heterocycles. The lowest BCUT2D eigenvalue weighted by molar-refractivity contribution is -0.129. The summed E-state index contributed by atoms with van der Waals surface area (Å²) in [4.78, 5) is 13.0. The summed E-state index contributed by atoms with van der Waals surface area (Å²) in [5.74, 6) is -1.21. The highest BCUT2D eigenvalue weighted by atomic mass is 35.5. The Hall–Kier alpha value is -1.68. The van der Waals surface area contributed by atoms with Crippen LogP contribution in [0.5, 0.6) is 0 Å². The van der Waals surface area contributed by atoms with E-state index in [-0.39, 0.29) is 38.7 Å². The van der Waals surface area contributed by atoms with Gasteiger partial charge in [0, 0.05) is 35.8 Å². The second-order valence-corrected chi connectivity index (χ2v) is 10.1. The largest absolute Gasteiger partial charge is 0.346 e. The first kappa shape index (κ1) is 23.6. The topological polar surface area (TPSA) is 83.6 Å². The molecule has 0 spiro atoms. The number of carbonyl (C=O) groups is 1. The van der Waals surface area contributed by atoms with Crippen LogP contribution in [-0.2, 0) is 25.6 Å². The number of nitrogens with one attached hydrogen (secondary N) is 1. The fourth-order valence-electron chi connectivity index (χ4n) is 2.33. The first-order valence-electron chi connectivity index (χ1n) is 8.45. The standard InChI is InChI=1S/C18H19Cl2FN2O4S2/c1-3-23(2)18(24)8-9-28(25)16-6-4-13(20)11-15(16)22-29(26,27)17-7-5-12(19)10-14(17)21/h4-7,10-11,22H,3,8-9H2,1-2H3. The maximum Gasteiger partial charge on any atom is 0.264 e. The summed E-state index contributed by atoms with van der Waals surface area (Å²) < 4.78 is 54.2. The lowest BCUT2D eigenvalue weighted by Crippen LogP contribution is -2.27. The Labute approximate surface area is 181 Å². The zero-order chi connectivity index (χ0) is 21.8. The molecule has 1 N–H and O–H groups in total. The number of hydrogen-bond acceptors (Lipinski definition) is 4. The molecule has 1 atom stereocenters. The van der Waals surface area contributed by atoms with Crippen molar-refractivity contribution in [1.29, 1.82) is 0 Å². The van der Waals surface area contributed by atoms with Crippen LogP contribution in [0.1, 0.15) is 13.3 Å². The highest BCUT2D eigenvalue weighted by molar-refractivity contribution is 7.93. The van der Waals surface area contributed by atoms with Crippen molar-refractivity contribution >= 4 is 55.6 Å². The van der Waals surface area contributed by atoms with Crippen molar-refractivity contribution < 1.29 is 21.8 Å². The van der Waals surface area contributed by atoms with E-state index in [0.29, 0.717) is 6.54 Å². The van der Waals surface area contributed by atoms with Crippen LogP contribution in [0.15, 0.2) is 46.2 Å². The quantitative estimate of drug-likeness (QED) is 0.620. The van der Waals surface area contributed by atoms with Crippen LogP contribution in [-0.4, -0.2) is 42.8 Å². The molecular formula is C18H19Cl2FN2O4S2. The van der Waals surface area contributed by atoms with Crippen LogP contribution in [0.3, 0.4) is 0 Å². The van der Waals surface area contributed by atoms with Gasteiger partial charge < -0.3 is 4.90 Å². The lowest BCUT2D eigenvalue weighted by atomic mass is 10.3. The van der Waals surface area contributed by atoms with E-state index in [4.69, 9.17) is 23.2 Å². The predicted molar refractivity (Wildman–Crippen MR) is 113 cm³/mol. The number of nitrogens with zero attached hydrogens (tertiary/aromatic N) is 1. The fourth-order valence-corrected chi connectivity index (χ4v) is 5.01. The number of benzene rings is 2. The number of sulfonamides is 1. The van der Waals surface area contributed by atoms with Crippen LogP contribution < -0.4 is 4.72 Å². The first-order chi connectivity index (χ1) is 13.5. The minimum absolute atomic E-state index is 0.00512. The summed E-state index contributed by atoms with van der Waals surface area (Å²) in [5, 5.41) is 0.245. The monoisotopic (exact) mass is 480 g/mol. The van der Waals surface area contributed by atoms with E-state index in [1.807, 2.05) is 6.92 Å².